The molecule has 1 fully saturated rings. The van der Waals surface area contributed by atoms with Crippen molar-refractivity contribution in [1.82, 2.24) is 35.4 Å². The first-order valence-corrected chi connectivity index (χ1v) is 6.15. The van der Waals surface area contributed by atoms with Crippen LogP contribution in [0.25, 0.3) is 11.0 Å². The summed E-state index contributed by atoms with van der Waals surface area (Å²) in [7, 11) is 0. The van der Waals surface area contributed by atoms with Crippen molar-refractivity contribution in [1.29, 1.82) is 0 Å². The predicted molar refractivity (Wildman–Crippen MR) is 63.8 cm³/mol. The molecule has 0 atom stereocenters. The van der Waals surface area contributed by atoms with Crippen LogP contribution in [0, 0.1) is 0 Å². The number of nitrogens with zero attached hydrogens (tertiary/aromatic N) is 5. The van der Waals surface area contributed by atoms with Gasteiger partial charge in [-0.05, 0) is 12.8 Å². The second kappa shape index (κ2) is 3.41. The van der Waals surface area contributed by atoms with Gasteiger partial charge in [0.05, 0.1) is 6.20 Å². The van der Waals surface area contributed by atoms with Crippen LogP contribution in [0.4, 0.5) is 0 Å². The fourth-order valence-corrected chi connectivity index (χ4v) is 3.02. The van der Waals surface area contributed by atoms with Crippen molar-refractivity contribution >= 4 is 11.0 Å². The summed E-state index contributed by atoms with van der Waals surface area (Å²) in [6.07, 6.45) is 10.0. The molecule has 92 valence electrons. The van der Waals surface area contributed by atoms with E-state index in [0.717, 1.165) is 29.6 Å². The third-order valence-corrected chi connectivity index (χ3v) is 3.90. The van der Waals surface area contributed by atoms with Crippen molar-refractivity contribution in [2.45, 2.75) is 31.2 Å². The molecular formula is C11H13N7. The lowest BCUT2D eigenvalue weighted by Gasteiger charge is -2.26. The van der Waals surface area contributed by atoms with Gasteiger partial charge in [0.15, 0.2) is 0 Å². The summed E-state index contributed by atoms with van der Waals surface area (Å²) in [6.45, 7) is 0. The minimum atomic E-state index is -0.191. The van der Waals surface area contributed by atoms with Crippen molar-refractivity contribution < 1.29 is 0 Å². The number of hydrogen-bond donors (Lipinski definition) is 2. The SMILES string of the molecule is c1n[nH]nc1C1(n2nnc3c[nH]cc32)CCCC1. The Kier molecular flexibility index (Phi) is 1.86. The largest absolute Gasteiger partial charge is 0.364 e. The number of H-pyrrole nitrogens is 2. The van der Waals surface area contributed by atoms with Gasteiger partial charge in [0, 0.05) is 12.4 Å². The first kappa shape index (κ1) is 9.81. The highest BCUT2D eigenvalue weighted by molar-refractivity contribution is 5.73. The van der Waals surface area contributed by atoms with Crippen molar-refractivity contribution in [2.24, 2.45) is 0 Å². The predicted octanol–water partition coefficient (Wildman–Crippen LogP) is 1.20. The molecule has 0 spiro atoms. The van der Waals surface area contributed by atoms with Gasteiger partial charge in [-0.25, -0.2) is 4.68 Å². The van der Waals surface area contributed by atoms with E-state index in [9.17, 15) is 0 Å². The minimum absolute atomic E-state index is 0.191. The topological polar surface area (TPSA) is 88.1 Å². The Morgan fingerprint density at radius 3 is 2.89 bits per heavy atom. The van der Waals surface area contributed by atoms with Gasteiger partial charge in [-0.1, -0.05) is 18.1 Å². The number of aromatic nitrogens is 7. The summed E-state index contributed by atoms with van der Waals surface area (Å²) in [6, 6.07) is 0. The second-order valence-electron chi connectivity index (χ2n) is 4.82. The van der Waals surface area contributed by atoms with Gasteiger partial charge < -0.3 is 4.98 Å². The van der Waals surface area contributed by atoms with Crippen molar-refractivity contribution in [2.75, 3.05) is 0 Å². The number of aromatic amines is 2. The van der Waals surface area contributed by atoms with Gasteiger partial charge in [-0.3, -0.25) is 0 Å². The highest BCUT2D eigenvalue weighted by Gasteiger charge is 2.41. The average molecular weight is 243 g/mol. The Hall–Kier alpha value is -2.18. The zero-order valence-corrected chi connectivity index (χ0v) is 9.80. The first-order valence-electron chi connectivity index (χ1n) is 6.15. The van der Waals surface area contributed by atoms with E-state index in [1.54, 1.807) is 6.20 Å². The van der Waals surface area contributed by atoms with Gasteiger partial charge in [-0.15, -0.1) is 5.10 Å². The molecule has 2 N–H and O–H groups in total. The minimum Gasteiger partial charge on any atom is -0.364 e. The molecule has 0 aromatic carbocycles. The fourth-order valence-electron chi connectivity index (χ4n) is 3.02. The maximum Gasteiger partial charge on any atom is 0.130 e. The molecule has 0 unspecified atom stereocenters. The molecule has 0 amide bonds. The quantitative estimate of drug-likeness (QED) is 0.707. The molecule has 1 aliphatic rings. The molecule has 7 heteroatoms. The molecule has 3 aromatic heterocycles. The van der Waals surface area contributed by atoms with Crippen LogP contribution in [0.5, 0.6) is 0 Å². The van der Waals surface area contributed by atoms with Crippen molar-refractivity contribution in [3.05, 3.63) is 24.3 Å². The molecule has 4 rings (SSSR count). The van der Waals surface area contributed by atoms with Gasteiger partial charge >= 0.3 is 0 Å². The molecule has 0 radical (unpaired) electrons. The van der Waals surface area contributed by atoms with Crippen LogP contribution < -0.4 is 0 Å². The van der Waals surface area contributed by atoms with Gasteiger partial charge in [0.25, 0.3) is 0 Å². The Balaban J connectivity index is 1.96. The van der Waals surface area contributed by atoms with Crippen LogP contribution in [0.3, 0.4) is 0 Å². The lowest BCUT2D eigenvalue weighted by atomic mass is 9.94. The van der Waals surface area contributed by atoms with E-state index < -0.39 is 0 Å². The molecule has 18 heavy (non-hydrogen) atoms. The molecule has 0 aliphatic heterocycles. The highest BCUT2D eigenvalue weighted by atomic mass is 15.5. The van der Waals surface area contributed by atoms with Crippen molar-refractivity contribution in [3.8, 4) is 0 Å². The van der Waals surface area contributed by atoms with Crippen LogP contribution in [0.2, 0.25) is 0 Å². The molecule has 1 saturated carbocycles. The lowest BCUT2D eigenvalue weighted by molar-refractivity contribution is 0.322. The van der Waals surface area contributed by atoms with Crippen molar-refractivity contribution in [3.63, 3.8) is 0 Å². The maximum atomic E-state index is 4.33. The molecule has 0 bridgehead atoms. The maximum absolute atomic E-state index is 4.33. The monoisotopic (exact) mass is 243 g/mol. The van der Waals surface area contributed by atoms with E-state index >= 15 is 0 Å². The summed E-state index contributed by atoms with van der Waals surface area (Å²) in [5, 5.41) is 19.5. The highest BCUT2D eigenvalue weighted by Crippen LogP contribution is 2.41. The third kappa shape index (κ3) is 1.13. The Morgan fingerprint density at radius 2 is 2.11 bits per heavy atom. The van der Waals surface area contributed by atoms with E-state index in [-0.39, 0.29) is 5.54 Å². The number of fused-ring (bicyclic) bond motifs is 1. The van der Waals surface area contributed by atoms with E-state index in [1.165, 1.54) is 12.8 Å². The van der Waals surface area contributed by atoms with E-state index in [4.69, 9.17) is 0 Å². The zero-order chi connectivity index (χ0) is 12.0. The normalized spacial score (nSPS) is 18.7. The first-order chi connectivity index (χ1) is 8.90. The van der Waals surface area contributed by atoms with Gasteiger partial charge in [0.2, 0.25) is 0 Å². The summed E-state index contributed by atoms with van der Waals surface area (Å²) >= 11 is 0. The fraction of sp³-hybridized carbons (Fsp3) is 0.455. The lowest BCUT2D eigenvalue weighted by Crippen LogP contribution is -2.33. The van der Waals surface area contributed by atoms with Crippen LogP contribution in [-0.4, -0.2) is 35.4 Å². The number of nitrogens with one attached hydrogen (secondary N) is 2. The van der Waals surface area contributed by atoms with Crippen LogP contribution in [0.15, 0.2) is 18.6 Å². The molecule has 1 aliphatic carbocycles. The Morgan fingerprint density at radius 1 is 1.22 bits per heavy atom. The Bertz CT molecular complexity index is 657. The summed E-state index contributed by atoms with van der Waals surface area (Å²) in [5.41, 5.74) is 2.68. The van der Waals surface area contributed by atoms with E-state index in [0.29, 0.717) is 0 Å². The average Bonchev–Trinajstić information content (AvgIpc) is 3.14. The second-order valence-corrected chi connectivity index (χ2v) is 4.82. The summed E-state index contributed by atoms with van der Waals surface area (Å²) in [4.78, 5) is 3.08. The number of rotatable bonds is 2. The molecule has 7 nitrogen and oxygen atoms in total. The molecule has 0 saturated heterocycles. The van der Waals surface area contributed by atoms with Gasteiger partial charge in [0.1, 0.15) is 22.3 Å². The standard InChI is InChI=1S/C11H13N7/c1-2-4-11(3-1,10-7-13-16-15-10)18-9-6-12-5-8(9)14-17-18/h5-7,12H,1-4H2,(H,13,15,16). The molecule has 3 heterocycles. The summed E-state index contributed by atoms with van der Waals surface area (Å²) < 4.78 is 2.00. The number of hydrogen-bond acceptors (Lipinski definition) is 4. The van der Waals surface area contributed by atoms with E-state index in [1.807, 2.05) is 17.1 Å². The smallest absolute Gasteiger partial charge is 0.130 e. The summed E-state index contributed by atoms with van der Waals surface area (Å²) in [5.74, 6) is 0. The Labute approximate surface area is 103 Å². The van der Waals surface area contributed by atoms with Crippen LogP contribution >= 0.6 is 0 Å². The van der Waals surface area contributed by atoms with E-state index in [2.05, 4.69) is 30.7 Å². The molecular weight excluding hydrogens is 230 g/mol. The van der Waals surface area contributed by atoms with Crippen LogP contribution in [-0.2, 0) is 5.54 Å². The van der Waals surface area contributed by atoms with Crippen LogP contribution in [0.1, 0.15) is 31.4 Å². The molecule has 3 aromatic rings. The van der Waals surface area contributed by atoms with Gasteiger partial charge in [-0.2, -0.15) is 15.4 Å². The zero-order valence-electron chi connectivity index (χ0n) is 9.80. The third-order valence-electron chi connectivity index (χ3n) is 3.90.